The molecule has 4 rings (SSSR count). The molecule has 0 bridgehead atoms. The summed E-state index contributed by atoms with van der Waals surface area (Å²) >= 11 is 0. The predicted molar refractivity (Wildman–Crippen MR) is 176 cm³/mol. The number of para-hydroxylation sites is 1. The number of nitrogens with zero attached hydrogens (tertiary/aromatic N) is 2. The van der Waals surface area contributed by atoms with E-state index in [9.17, 15) is 24.3 Å². The minimum Gasteiger partial charge on any atom is -0.480 e. The molecule has 4 aromatic rings. The number of imidazole rings is 1. The summed E-state index contributed by atoms with van der Waals surface area (Å²) in [6, 6.07) is 12.0. The fourth-order valence-corrected chi connectivity index (χ4v) is 5.10. The van der Waals surface area contributed by atoms with Crippen LogP contribution in [0.2, 0.25) is 0 Å². The highest BCUT2D eigenvalue weighted by atomic mass is 16.4. The summed E-state index contributed by atoms with van der Waals surface area (Å²) in [6.45, 7) is 0.200. The van der Waals surface area contributed by atoms with Crippen LogP contribution in [0.1, 0.15) is 29.7 Å². The number of rotatable bonds is 17. The maximum absolute atomic E-state index is 13.7. The topological polar surface area (TPSA) is 259 Å². The van der Waals surface area contributed by atoms with E-state index in [1.165, 1.54) is 12.5 Å². The maximum atomic E-state index is 13.7. The zero-order valence-corrected chi connectivity index (χ0v) is 25.7. The van der Waals surface area contributed by atoms with E-state index in [1.54, 1.807) is 30.5 Å². The van der Waals surface area contributed by atoms with Gasteiger partial charge in [-0.2, -0.15) is 0 Å². The van der Waals surface area contributed by atoms with E-state index >= 15 is 0 Å². The summed E-state index contributed by atoms with van der Waals surface area (Å²) in [6.07, 6.45) is 5.34. The second-order valence-electron chi connectivity index (χ2n) is 11.1. The number of aromatic amines is 2. The van der Waals surface area contributed by atoms with Crippen LogP contribution >= 0.6 is 0 Å². The lowest BCUT2D eigenvalue weighted by Crippen LogP contribution is -2.58. The van der Waals surface area contributed by atoms with Gasteiger partial charge in [0.2, 0.25) is 17.7 Å². The number of fused-ring (bicyclic) bond motifs is 1. The molecule has 2 heterocycles. The normalized spacial score (nSPS) is 13.6. The SMILES string of the molecule is NC(N)=NCCCC(NC(=O)C(N)Cc1c[nH]c2ccccc12)C(=O)NC(Cc1ccccc1)C(=O)NC(Cc1cnc[nH]1)C(=O)O. The zero-order chi connectivity index (χ0) is 33.8. The van der Waals surface area contributed by atoms with Crippen LogP contribution < -0.4 is 33.2 Å². The number of aliphatic imine (C=N–C) groups is 1. The van der Waals surface area contributed by atoms with Crippen molar-refractivity contribution >= 4 is 40.6 Å². The summed E-state index contributed by atoms with van der Waals surface area (Å²) in [4.78, 5) is 66.4. The smallest absolute Gasteiger partial charge is 0.326 e. The molecule has 15 nitrogen and oxygen atoms in total. The molecular formula is C32H40N10O5. The zero-order valence-electron chi connectivity index (χ0n) is 25.7. The molecular weight excluding hydrogens is 604 g/mol. The Kier molecular flexibility index (Phi) is 12.0. The van der Waals surface area contributed by atoms with Gasteiger partial charge in [0.1, 0.15) is 18.1 Å². The summed E-state index contributed by atoms with van der Waals surface area (Å²) in [7, 11) is 0. The lowest BCUT2D eigenvalue weighted by molar-refractivity contribution is -0.142. The second kappa shape index (κ2) is 16.6. The molecule has 0 spiro atoms. The van der Waals surface area contributed by atoms with E-state index < -0.39 is 47.9 Å². The van der Waals surface area contributed by atoms with Gasteiger partial charge in [-0.05, 0) is 36.5 Å². The molecule has 15 heteroatoms. The standard InChI is InChI=1S/C32H40N10O5/c33-23(14-20-16-38-24-10-5-4-9-22(20)24)28(43)40-25(11-6-12-37-32(34)35)29(44)41-26(13-19-7-2-1-3-8-19)30(45)42-27(31(46)47)15-21-17-36-18-39-21/h1-5,7-10,16-18,23,25-27,38H,6,11-15,33H2,(H,36,39)(H,40,43)(H,41,44)(H,42,45)(H,46,47)(H4,34,35,37). The van der Waals surface area contributed by atoms with E-state index in [1.807, 2.05) is 30.3 Å². The van der Waals surface area contributed by atoms with E-state index in [-0.39, 0.29) is 38.2 Å². The van der Waals surface area contributed by atoms with Gasteiger partial charge < -0.3 is 48.2 Å². The average Bonchev–Trinajstić information content (AvgIpc) is 3.72. The van der Waals surface area contributed by atoms with Crippen molar-refractivity contribution in [1.82, 2.24) is 30.9 Å². The first-order chi connectivity index (χ1) is 22.6. The van der Waals surface area contributed by atoms with Crippen LogP contribution in [0.3, 0.4) is 0 Å². The van der Waals surface area contributed by atoms with Gasteiger partial charge in [0.15, 0.2) is 5.96 Å². The number of hydrogen-bond acceptors (Lipinski definition) is 7. The number of nitrogens with one attached hydrogen (secondary N) is 5. The Balaban J connectivity index is 1.50. The molecule has 4 unspecified atom stereocenters. The molecule has 2 aromatic carbocycles. The molecule has 3 amide bonds. The number of H-pyrrole nitrogens is 2. The molecule has 0 aliphatic carbocycles. The number of aliphatic carboxylic acids is 1. The van der Waals surface area contributed by atoms with Crippen LogP contribution in [0.5, 0.6) is 0 Å². The molecule has 0 radical (unpaired) electrons. The Hall–Kier alpha value is -5.70. The molecule has 4 atom stereocenters. The van der Waals surface area contributed by atoms with Gasteiger partial charge in [0.25, 0.3) is 0 Å². The highest BCUT2D eigenvalue weighted by Crippen LogP contribution is 2.19. The summed E-state index contributed by atoms with van der Waals surface area (Å²) in [5.74, 6) is -3.30. The minimum atomic E-state index is -1.30. The highest BCUT2D eigenvalue weighted by molar-refractivity contribution is 5.94. The van der Waals surface area contributed by atoms with Crippen molar-refractivity contribution in [3.05, 3.63) is 90.1 Å². The third-order valence-electron chi connectivity index (χ3n) is 7.54. The van der Waals surface area contributed by atoms with E-state index in [4.69, 9.17) is 17.2 Å². The lowest BCUT2D eigenvalue weighted by atomic mass is 10.0. The first-order valence-corrected chi connectivity index (χ1v) is 15.1. The van der Waals surface area contributed by atoms with Crippen molar-refractivity contribution < 1.29 is 24.3 Å². The van der Waals surface area contributed by atoms with E-state index in [2.05, 4.69) is 35.9 Å². The van der Waals surface area contributed by atoms with E-state index in [0.717, 1.165) is 22.0 Å². The molecule has 0 saturated carbocycles. The number of guanidine groups is 1. The van der Waals surface area contributed by atoms with Crippen LogP contribution in [-0.2, 0) is 38.4 Å². The number of carboxylic acids is 1. The molecule has 0 fully saturated rings. The van der Waals surface area contributed by atoms with Crippen molar-refractivity contribution in [3.8, 4) is 0 Å². The van der Waals surface area contributed by atoms with Gasteiger partial charge in [-0.25, -0.2) is 9.78 Å². The number of benzene rings is 2. The predicted octanol–water partition coefficient (Wildman–Crippen LogP) is -0.161. The molecule has 0 aliphatic heterocycles. The monoisotopic (exact) mass is 644 g/mol. The number of hydrogen-bond donors (Lipinski definition) is 9. The van der Waals surface area contributed by atoms with Gasteiger partial charge in [0, 0.05) is 48.4 Å². The number of carbonyl (C=O) groups is 4. The molecule has 12 N–H and O–H groups in total. The lowest BCUT2D eigenvalue weighted by Gasteiger charge is -2.25. The van der Waals surface area contributed by atoms with Crippen molar-refractivity contribution in [3.63, 3.8) is 0 Å². The van der Waals surface area contributed by atoms with Crippen LogP contribution in [0.15, 0.2) is 78.3 Å². The van der Waals surface area contributed by atoms with E-state index in [0.29, 0.717) is 12.1 Å². The summed E-state index contributed by atoms with van der Waals surface area (Å²) in [5, 5.41) is 18.7. The Bertz CT molecular complexity index is 1670. The molecule has 2 aromatic heterocycles. The Morgan fingerprint density at radius 1 is 0.830 bits per heavy atom. The van der Waals surface area contributed by atoms with Gasteiger partial charge in [-0.1, -0.05) is 48.5 Å². The van der Waals surface area contributed by atoms with Crippen LogP contribution in [0.4, 0.5) is 0 Å². The first-order valence-electron chi connectivity index (χ1n) is 15.1. The maximum Gasteiger partial charge on any atom is 0.326 e. The van der Waals surface area contributed by atoms with Gasteiger partial charge >= 0.3 is 5.97 Å². The van der Waals surface area contributed by atoms with Crippen LogP contribution in [-0.4, -0.2) is 80.4 Å². The van der Waals surface area contributed by atoms with Crippen molar-refractivity contribution in [2.24, 2.45) is 22.2 Å². The number of carboxylic acid groups (broad SMARTS) is 1. The quantitative estimate of drug-likeness (QED) is 0.0419. The number of nitrogens with two attached hydrogens (primary N) is 3. The Morgan fingerprint density at radius 2 is 1.51 bits per heavy atom. The van der Waals surface area contributed by atoms with Gasteiger partial charge in [0.05, 0.1) is 12.4 Å². The van der Waals surface area contributed by atoms with Crippen molar-refractivity contribution in [1.29, 1.82) is 0 Å². The van der Waals surface area contributed by atoms with Crippen LogP contribution in [0, 0.1) is 0 Å². The second-order valence-corrected chi connectivity index (χ2v) is 11.1. The van der Waals surface area contributed by atoms with Crippen molar-refractivity contribution in [2.75, 3.05) is 6.54 Å². The number of amides is 3. The first kappa shape index (κ1) is 34.2. The fourth-order valence-electron chi connectivity index (χ4n) is 5.10. The fraction of sp³-hybridized carbons (Fsp3) is 0.312. The molecule has 47 heavy (non-hydrogen) atoms. The minimum absolute atomic E-state index is 0.0507. The molecule has 248 valence electrons. The van der Waals surface area contributed by atoms with Crippen molar-refractivity contribution in [2.45, 2.75) is 56.3 Å². The number of aromatic nitrogens is 3. The largest absolute Gasteiger partial charge is 0.480 e. The average molecular weight is 645 g/mol. The Labute approximate surface area is 270 Å². The highest BCUT2D eigenvalue weighted by Gasteiger charge is 2.31. The van der Waals surface area contributed by atoms with Crippen LogP contribution in [0.25, 0.3) is 10.9 Å². The van der Waals surface area contributed by atoms with Gasteiger partial charge in [-0.15, -0.1) is 0 Å². The molecule has 0 saturated heterocycles. The van der Waals surface area contributed by atoms with Gasteiger partial charge in [-0.3, -0.25) is 19.4 Å². The number of carbonyl (C=O) groups excluding carboxylic acids is 3. The summed E-state index contributed by atoms with van der Waals surface area (Å²) in [5.41, 5.74) is 20.2. The molecule has 0 aliphatic rings. The Morgan fingerprint density at radius 3 is 2.21 bits per heavy atom. The summed E-state index contributed by atoms with van der Waals surface area (Å²) < 4.78 is 0. The third-order valence-corrected chi connectivity index (χ3v) is 7.54. The third kappa shape index (κ3) is 10.2.